The second kappa shape index (κ2) is 11.7. The number of carbonyl (C=O) groups excluding carboxylic acids is 1. The molecule has 1 spiro atoms. The van der Waals surface area contributed by atoms with Crippen LogP contribution in [0.3, 0.4) is 0 Å². The van der Waals surface area contributed by atoms with Crippen LogP contribution in [-0.4, -0.2) is 50.5 Å². The molecule has 6 rings (SSSR count). The van der Waals surface area contributed by atoms with E-state index in [0.29, 0.717) is 49.6 Å². The van der Waals surface area contributed by atoms with Crippen LogP contribution < -0.4 is 14.4 Å². The van der Waals surface area contributed by atoms with Crippen LogP contribution in [0.5, 0.6) is 5.75 Å². The molecule has 0 aromatic heterocycles. The van der Waals surface area contributed by atoms with Crippen LogP contribution in [0.15, 0.2) is 36.4 Å². The molecule has 2 aliphatic carbocycles. The number of hydrogen-bond acceptors (Lipinski definition) is 6. The highest BCUT2D eigenvalue weighted by Gasteiger charge is 2.44. The number of fused-ring (bicyclic) bond motifs is 4. The van der Waals surface area contributed by atoms with Crippen molar-refractivity contribution >= 4 is 33.2 Å². The van der Waals surface area contributed by atoms with Gasteiger partial charge in [-0.2, -0.15) is 0 Å². The monoisotopic (exact) mass is 614 g/mol. The Balaban J connectivity index is 1.41. The molecular weight excluding hydrogens is 572 g/mol. The Hall–Kier alpha value is -2.29. The SMILES string of the molecule is CC(C)[C@H]1CCCC[C@H](O)[C@@H]2CC[C@H]2CN2C[C@@]3(CCCc4cc(Cl)ccc43)COc3ccc(cc32)C(=O)NS1(=O)=O. The normalized spacial score (nSPS) is 31.3. The van der Waals surface area contributed by atoms with Gasteiger partial charge in [-0.3, -0.25) is 4.79 Å². The fraction of sp³-hybridized carbons (Fsp3) is 0.606. The van der Waals surface area contributed by atoms with Gasteiger partial charge in [0, 0.05) is 29.1 Å². The van der Waals surface area contributed by atoms with Crippen molar-refractivity contribution in [3.8, 4) is 5.75 Å². The van der Waals surface area contributed by atoms with Crippen molar-refractivity contribution in [2.45, 2.75) is 88.4 Å². The number of ether oxygens (including phenoxy) is 1. The molecule has 2 heterocycles. The van der Waals surface area contributed by atoms with Gasteiger partial charge in [0.25, 0.3) is 5.91 Å². The molecule has 2 aromatic carbocycles. The maximum Gasteiger partial charge on any atom is 0.264 e. The second-order valence-electron chi connectivity index (χ2n) is 13.4. The molecule has 1 fully saturated rings. The lowest BCUT2D eigenvalue weighted by Crippen LogP contribution is -2.49. The summed E-state index contributed by atoms with van der Waals surface area (Å²) in [5.41, 5.74) is 3.40. The van der Waals surface area contributed by atoms with Gasteiger partial charge in [0.05, 0.1) is 23.6 Å². The Morgan fingerprint density at radius 2 is 1.88 bits per heavy atom. The lowest BCUT2D eigenvalue weighted by Gasteiger charge is -2.45. The molecule has 5 atom stereocenters. The molecule has 2 aromatic rings. The highest BCUT2D eigenvalue weighted by atomic mass is 35.5. The van der Waals surface area contributed by atoms with Gasteiger partial charge in [-0.15, -0.1) is 0 Å². The summed E-state index contributed by atoms with van der Waals surface area (Å²) in [6, 6.07) is 11.5. The fourth-order valence-corrected chi connectivity index (χ4v) is 9.81. The van der Waals surface area contributed by atoms with Crippen LogP contribution in [-0.2, 0) is 21.9 Å². The molecule has 0 saturated heterocycles. The predicted octanol–water partition coefficient (Wildman–Crippen LogP) is 5.86. The maximum atomic E-state index is 13.4. The van der Waals surface area contributed by atoms with Crippen molar-refractivity contribution < 1.29 is 23.1 Å². The van der Waals surface area contributed by atoms with E-state index in [2.05, 4.69) is 21.8 Å². The van der Waals surface area contributed by atoms with Gasteiger partial charge in [-0.05, 0) is 104 Å². The molecular formula is C33H43ClN2O5S. The van der Waals surface area contributed by atoms with E-state index in [1.807, 2.05) is 26.0 Å². The smallest absolute Gasteiger partial charge is 0.264 e. The van der Waals surface area contributed by atoms with Gasteiger partial charge in [0.15, 0.2) is 0 Å². The summed E-state index contributed by atoms with van der Waals surface area (Å²) in [5.74, 6) is 0.505. The van der Waals surface area contributed by atoms with Gasteiger partial charge in [0.1, 0.15) is 5.75 Å². The van der Waals surface area contributed by atoms with Crippen molar-refractivity contribution in [3.05, 3.63) is 58.1 Å². The minimum absolute atomic E-state index is 0.143. The Bertz CT molecular complexity index is 1450. The first-order valence-electron chi connectivity index (χ1n) is 15.6. The van der Waals surface area contributed by atoms with E-state index in [1.165, 1.54) is 11.1 Å². The molecule has 1 saturated carbocycles. The summed E-state index contributed by atoms with van der Waals surface area (Å²) in [7, 11) is -3.89. The summed E-state index contributed by atoms with van der Waals surface area (Å²) in [4.78, 5) is 15.8. The van der Waals surface area contributed by atoms with Crippen molar-refractivity contribution in [2.75, 3.05) is 24.6 Å². The average molecular weight is 615 g/mol. The van der Waals surface area contributed by atoms with Gasteiger partial charge >= 0.3 is 0 Å². The summed E-state index contributed by atoms with van der Waals surface area (Å²) in [6.45, 7) is 5.74. The lowest BCUT2D eigenvalue weighted by atomic mass is 9.68. The quantitative estimate of drug-likeness (QED) is 0.418. The Labute approximate surface area is 255 Å². The van der Waals surface area contributed by atoms with Crippen LogP contribution in [0.1, 0.15) is 86.7 Å². The minimum Gasteiger partial charge on any atom is -0.490 e. The Morgan fingerprint density at radius 3 is 2.64 bits per heavy atom. The number of aryl methyl sites for hydroxylation is 1. The molecule has 7 nitrogen and oxygen atoms in total. The number of sulfonamides is 1. The van der Waals surface area contributed by atoms with Gasteiger partial charge in [-0.25, -0.2) is 13.1 Å². The average Bonchev–Trinajstić information content (AvgIpc) is 3.06. The molecule has 42 heavy (non-hydrogen) atoms. The third-order valence-corrected chi connectivity index (χ3v) is 12.6. The number of amides is 1. The third kappa shape index (κ3) is 5.67. The molecule has 0 unspecified atom stereocenters. The zero-order valence-electron chi connectivity index (χ0n) is 24.6. The number of rotatable bonds is 1. The first-order chi connectivity index (χ1) is 20.1. The molecule has 2 N–H and O–H groups in total. The molecule has 228 valence electrons. The zero-order valence-corrected chi connectivity index (χ0v) is 26.2. The zero-order chi connectivity index (χ0) is 29.6. The topological polar surface area (TPSA) is 95.9 Å². The van der Waals surface area contributed by atoms with E-state index in [4.69, 9.17) is 16.3 Å². The summed E-state index contributed by atoms with van der Waals surface area (Å²) in [6.07, 6.45) is 7.24. The molecule has 9 heteroatoms. The summed E-state index contributed by atoms with van der Waals surface area (Å²) >= 11 is 6.39. The lowest BCUT2D eigenvalue weighted by molar-refractivity contribution is 0.00901. The molecule has 4 aliphatic rings. The number of benzene rings is 2. The number of aliphatic hydroxyl groups is 1. The van der Waals surface area contributed by atoms with Crippen molar-refractivity contribution in [1.29, 1.82) is 0 Å². The predicted molar refractivity (Wildman–Crippen MR) is 166 cm³/mol. The second-order valence-corrected chi connectivity index (χ2v) is 15.7. The summed E-state index contributed by atoms with van der Waals surface area (Å²) in [5, 5.41) is 11.3. The Kier molecular flexibility index (Phi) is 8.26. The number of nitrogens with zero attached hydrogens (tertiary/aromatic N) is 1. The number of carbonyl (C=O) groups is 1. The molecule has 2 aliphatic heterocycles. The van der Waals surface area contributed by atoms with Crippen LogP contribution in [0.4, 0.5) is 5.69 Å². The number of anilines is 1. The van der Waals surface area contributed by atoms with E-state index >= 15 is 0 Å². The largest absolute Gasteiger partial charge is 0.490 e. The number of nitrogens with one attached hydrogen (secondary N) is 1. The van der Waals surface area contributed by atoms with E-state index < -0.39 is 27.3 Å². The first kappa shape index (κ1) is 29.8. The van der Waals surface area contributed by atoms with E-state index in [9.17, 15) is 18.3 Å². The standard InChI is InChI=1S/C33H43ClN2O5S/c1-21(2)31-8-4-3-7-29(37)26-12-9-24(26)18-36-19-33(15-5-6-22-16-25(34)11-13-27(22)33)20-41-30-14-10-23(17-28(30)36)32(38)35-42(31,39)40/h10-11,13-14,16-17,21,24,26,29,31,37H,3-9,12,15,18-20H2,1-2H3,(H,35,38)/t24-,26+,29-,31+,33-/m0/s1. The van der Waals surface area contributed by atoms with Crippen LogP contribution in [0, 0.1) is 17.8 Å². The highest BCUT2D eigenvalue weighted by molar-refractivity contribution is 7.90. The van der Waals surface area contributed by atoms with Crippen LogP contribution in [0.2, 0.25) is 5.02 Å². The van der Waals surface area contributed by atoms with Gasteiger partial charge in [-0.1, -0.05) is 44.4 Å². The Morgan fingerprint density at radius 1 is 1.07 bits per heavy atom. The van der Waals surface area contributed by atoms with Gasteiger partial charge in [0.2, 0.25) is 10.0 Å². The number of aliphatic hydroxyl groups excluding tert-OH is 1. The number of hydrogen-bond donors (Lipinski definition) is 2. The van der Waals surface area contributed by atoms with Crippen molar-refractivity contribution in [2.24, 2.45) is 17.8 Å². The first-order valence-corrected chi connectivity index (χ1v) is 17.5. The van der Waals surface area contributed by atoms with Crippen LogP contribution in [0.25, 0.3) is 0 Å². The molecule has 0 radical (unpaired) electrons. The van der Waals surface area contributed by atoms with Crippen LogP contribution >= 0.6 is 11.6 Å². The van der Waals surface area contributed by atoms with Crippen molar-refractivity contribution in [1.82, 2.24) is 4.72 Å². The van der Waals surface area contributed by atoms with Gasteiger partial charge < -0.3 is 14.7 Å². The van der Waals surface area contributed by atoms with E-state index in [1.54, 1.807) is 12.1 Å². The minimum atomic E-state index is -3.89. The van der Waals surface area contributed by atoms with Crippen molar-refractivity contribution in [3.63, 3.8) is 0 Å². The number of halogens is 1. The molecule has 2 bridgehead atoms. The molecule has 1 amide bonds. The highest BCUT2D eigenvalue weighted by Crippen LogP contribution is 2.47. The van der Waals surface area contributed by atoms with E-state index in [-0.39, 0.29) is 17.3 Å². The summed E-state index contributed by atoms with van der Waals surface area (Å²) < 4.78 is 35.7. The maximum absolute atomic E-state index is 13.4. The fourth-order valence-electron chi connectivity index (χ4n) is 7.89. The third-order valence-electron chi connectivity index (χ3n) is 10.3. The van der Waals surface area contributed by atoms with E-state index in [0.717, 1.165) is 55.8 Å².